The molecule has 1 saturated heterocycles. The van der Waals surface area contributed by atoms with Gasteiger partial charge in [-0.25, -0.2) is 4.39 Å². The monoisotopic (exact) mass is 310 g/mol. The Hall–Kier alpha value is -1.41. The summed E-state index contributed by atoms with van der Waals surface area (Å²) in [5.41, 5.74) is 0.0199. The highest BCUT2D eigenvalue weighted by molar-refractivity contribution is 9.10. The molecule has 1 fully saturated rings. The molecule has 3 nitrogen and oxygen atoms in total. The average Bonchev–Trinajstić information content (AvgIpc) is 2.40. The van der Waals surface area contributed by atoms with Crippen molar-refractivity contribution in [3.05, 3.63) is 34.1 Å². The molecule has 0 aliphatic carbocycles. The first-order chi connectivity index (χ1) is 8.63. The topological polar surface area (TPSA) is 44.1 Å². The molecule has 1 aliphatic rings. The minimum Gasteiger partial charge on any atom is -0.323 e. The normalized spacial score (nSPS) is 19.4. The molecule has 1 heterocycles. The number of nitrogens with zero attached hydrogens (tertiary/aromatic N) is 2. The zero-order chi connectivity index (χ0) is 13.1. The van der Waals surface area contributed by atoms with Crippen LogP contribution in [0, 0.1) is 17.1 Å². The standard InChI is InChI=1S/C13H12BrFN2O/c14-9-4-5-12(15)11(7-9)13(18)17-6-2-1-3-10(17)8-16/h4-5,7,10H,1-3,6H2. The Morgan fingerprint density at radius 1 is 1.50 bits per heavy atom. The highest BCUT2D eigenvalue weighted by atomic mass is 79.9. The molecular formula is C13H12BrFN2O. The van der Waals surface area contributed by atoms with Gasteiger partial charge in [0.25, 0.3) is 5.91 Å². The molecular weight excluding hydrogens is 299 g/mol. The second-order valence-electron chi connectivity index (χ2n) is 4.26. The van der Waals surface area contributed by atoms with Crippen molar-refractivity contribution in [2.75, 3.05) is 6.54 Å². The van der Waals surface area contributed by atoms with Gasteiger partial charge in [-0.15, -0.1) is 0 Å². The van der Waals surface area contributed by atoms with Gasteiger partial charge in [-0.1, -0.05) is 15.9 Å². The zero-order valence-corrected chi connectivity index (χ0v) is 11.3. The zero-order valence-electron chi connectivity index (χ0n) is 9.70. The van der Waals surface area contributed by atoms with Gasteiger partial charge in [0, 0.05) is 11.0 Å². The number of rotatable bonds is 1. The van der Waals surface area contributed by atoms with Crippen molar-refractivity contribution in [1.82, 2.24) is 4.90 Å². The molecule has 1 amide bonds. The van der Waals surface area contributed by atoms with E-state index in [2.05, 4.69) is 22.0 Å². The number of carbonyl (C=O) groups excluding carboxylic acids is 1. The van der Waals surface area contributed by atoms with Gasteiger partial charge in [-0.3, -0.25) is 4.79 Å². The van der Waals surface area contributed by atoms with Crippen molar-refractivity contribution in [2.24, 2.45) is 0 Å². The number of benzene rings is 1. The molecule has 0 spiro atoms. The van der Waals surface area contributed by atoms with Crippen LogP contribution in [-0.4, -0.2) is 23.4 Å². The Morgan fingerprint density at radius 3 is 3.00 bits per heavy atom. The van der Waals surface area contributed by atoms with E-state index >= 15 is 0 Å². The molecule has 18 heavy (non-hydrogen) atoms. The molecule has 1 aliphatic heterocycles. The van der Waals surface area contributed by atoms with Crippen LogP contribution >= 0.6 is 15.9 Å². The summed E-state index contributed by atoms with van der Waals surface area (Å²) in [5, 5.41) is 9.03. The number of piperidine rings is 1. The van der Waals surface area contributed by atoms with Gasteiger partial charge < -0.3 is 4.90 Å². The van der Waals surface area contributed by atoms with Gasteiger partial charge in [0.1, 0.15) is 11.9 Å². The smallest absolute Gasteiger partial charge is 0.257 e. The van der Waals surface area contributed by atoms with E-state index in [9.17, 15) is 9.18 Å². The maximum atomic E-state index is 13.7. The number of nitriles is 1. The van der Waals surface area contributed by atoms with E-state index < -0.39 is 17.8 Å². The molecule has 5 heteroatoms. The van der Waals surface area contributed by atoms with Crippen molar-refractivity contribution in [3.8, 4) is 6.07 Å². The number of hydrogen-bond acceptors (Lipinski definition) is 2. The quantitative estimate of drug-likeness (QED) is 0.800. The molecule has 0 bridgehead atoms. The summed E-state index contributed by atoms with van der Waals surface area (Å²) in [6.07, 6.45) is 2.46. The Morgan fingerprint density at radius 2 is 2.28 bits per heavy atom. The molecule has 1 atom stereocenters. The van der Waals surface area contributed by atoms with Crippen LogP contribution in [0.15, 0.2) is 22.7 Å². The minimum absolute atomic E-state index is 0.0199. The maximum Gasteiger partial charge on any atom is 0.257 e. The molecule has 1 aromatic rings. The first-order valence-corrected chi connectivity index (χ1v) is 6.58. The molecule has 0 saturated carbocycles. The molecule has 0 radical (unpaired) electrons. The molecule has 0 aromatic heterocycles. The average molecular weight is 311 g/mol. The highest BCUT2D eigenvalue weighted by Gasteiger charge is 2.28. The SMILES string of the molecule is N#CC1CCCCN1C(=O)c1cc(Br)ccc1F. The van der Waals surface area contributed by atoms with Crippen molar-refractivity contribution in [1.29, 1.82) is 5.26 Å². The largest absolute Gasteiger partial charge is 0.323 e. The van der Waals surface area contributed by atoms with Gasteiger partial charge in [0.2, 0.25) is 0 Å². The predicted molar refractivity (Wildman–Crippen MR) is 68.4 cm³/mol. The second-order valence-corrected chi connectivity index (χ2v) is 5.18. The van der Waals surface area contributed by atoms with Gasteiger partial charge >= 0.3 is 0 Å². The fourth-order valence-electron chi connectivity index (χ4n) is 2.12. The Bertz CT molecular complexity index is 512. The van der Waals surface area contributed by atoms with Gasteiger partial charge in [0.05, 0.1) is 11.6 Å². The summed E-state index contributed by atoms with van der Waals surface area (Å²) in [4.78, 5) is 13.7. The van der Waals surface area contributed by atoms with Gasteiger partial charge in [0.15, 0.2) is 0 Å². The summed E-state index contributed by atoms with van der Waals surface area (Å²) in [5.74, 6) is -0.953. The van der Waals surface area contributed by atoms with Gasteiger partial charge in [-0.2, -0.15) is 5.26 Å². The summed E-state index contributed by atoms with van der Waals surface area (Å²) < 4.78 is 14.3. The van der Waals surface area contributed by atoms with E-state index in [1.54, 1.807) is 6.07 Å². The molecule has 1 aromatic carbocycles. The second kappa shape index (κ2) is 5.49. The third kappa shape index (κ3) is 2.54. The Balaban J connectivity index is 2.30. The molecule has 94 valence electrons. The first-order valence-electron chi connectivity index (χ1n) is 5.79. The van der Waals surface area contributed by atoms with Crippen molar-refractivity contribution in [3.63, 3.8) is 0 Å². The van der Waals surface area contributed by atoms with E-state index in [0.29, 0.717) is 17.4 Å². The van der Waals surface area contributed by atoms with E-state index in [1.807, 2.05) is 0 Å². The molecule has 1 unspecified atom stereocenters. The minimum atomic E-state index is -0.550. The van der Waals surface area contributed by atoms with Crippen molar-refractivity contribution >= 4 is 21.8 Å². The maximum absolute atomic E-state index is 13.7. The third-order valence-corrected chi connectivity index (χ3v) is 3.56. The van der Waals surface area contributed by atoms with Crippen LogP contribution in [-0.2, 0) is 0 Å². The summed E-state index contributed by atoms with van der Waals surface area (Å²) in [6.45, 7) is 0.517. The number of hydrogen-bond donors (Lipinski definition) is 0. The van der Waals surface area contributed by atoms with E-state index in [4.69, 9.17) is 5.26 Å². The fraction of sp³-hybridized carbons (Fsp3) is 0.385. The van der Waals surface area contributed by atoms with Crippen LogP contribution in [0.5, 0.6) is 0 Å². The van der Waals surface area contributed by atoms with Crippen LogP contribution in [0.1, 0.15) is 29.6 Å². The number of carbonyl (C=O) groups is 1. The van der Waals surface area contributed by atoms with E-state index in [0.717, 1.165) is 12.8 Å². The van der Waals surface area contributed by atoms with Crippen LogP contribution in [0.4, 0.5) is 4.39 Å². The van der Waals surface area contributed by atoms with Crippen LogP contribution in [0.3, 0.4) is 0 Å². The van der Waals surface area contributed by atoms with Crippen LogP contribution in [0.2, 0.25) is 0 Å². The van der Waals surface area contributed by atoms with Crippen molar-refractivity contribution < 1.29 is 9.18 Å². The summed E-state index contributed by atoms with van der Waals surface area (Å²) >= 11 is 3.22. The van der Waals surface area contributed by atoms with Crippen LogP contribution < -0.4 is 0 Å². The lowest BCUT2D eigenvalue weighted by Gasteiger charge is -2.31. The van der Waals surface area contributed by atoms with Gasteiger partial charge in [-0.05, 0) is 37.5 Å². The predicted octanol–water partition coefficient (Wildman–Crippen LogP) is 3.11. The van der Waals surface area contributed by atoms with Crippen molar-refractivity contribution in [2.45, 2.75) is 25.3 Å². The first kappa shape index (κ1) is 13.0. The fourth-order valence-corrected chi connectivity index (χ4v) is 2.49. The lowest BCUT2D eigenvalue weighted by Crippen LogP contribution is -2.43. The molecule has 0 N–H and O–H groups in total. The third-order valence-electron chi connectivity index (χ3n) is 3.07. The lowest BCUT2D eigenvalue weighted by atomic mass is 10.0. The molecule has 2 rings (SSSR count). The van der Waals surface area contributed by atoms with Crippen LogP contribution in [0.25, 0.3) is 0 Å². The number of likely N-dealkylation sites (tertiary alicyclic amines) is 1. The summed E-state index contributed by atoms with van der Waals surface area (Å²) in [6, 6.07) is 5.93. The number of amides is 1. The van der Waals surface area contributed by atoms with E-state index in [-0.39, 0.29) is 5.56 Å². The highest BCUT2D eigenvalue weighted by Crippen LogP contribution is 2.22. The summed E-state index contributed by atoms with van der Waals surface area (Å²) in [7, 11) is 0. The number of halogens is 2. The van der Waals surface area contributed by atoms with E-state index in [1.165, 1.54) is 17.0 Å². The Labute approximate surface area is 113 Å². The lowest BCUT2D eigenvalue weighted by molar-refractivity contribution is 0.0665. The Kier molecular flexibility index (Phi) is 3.97.